The average Bonchev–Trinajstić information content (AvgIpc) is 3.07. The second-order valence-electron chi connectivity index (χ2n) is 6.51. The van der Waals surface area contributed by atoms with Crippen LogP contribution in [-0.4, -0.2) is 35.0 Å². The van der Waals surface area contributed by atoms with E-state index in [9.17, 15) is 10.2 Å². The molecule has 0 aliphatic rings. The fraction of sp³-hybridized carbons (Fsp3) is 0.182. The summed E-state index contributed by atoms with van der Waals surface area (Å²) in [6.45, 7) is 1.06. The third-order valence-electron chi connectivity index (χ3n) is 4.72. The number of phenolic OH excluding ortho intramolecular Hbond substituents is 1. The maximum Gasteiger partial charge on any atom is 0.121 e. The first kappa shape index (κ1) is 17.4. The lowest BCUT2D eigenvalue weighted by Crippen LogP contribution is -2.28. The van der Waals surface area contributed by atoms with Crippen LogP contribution in [0.4, 0.5) is 0 Å². The van der Waals surface area contributed by atoms with Crippen molar-refractivity contribution >= 4 is 21.8 Å². The predicted octanol–water partition coefficient (Wildman–Crippen LogP) is 3.73. The number of rotatable bonds is 7. The van der Waals surface area contributed by atoms with Gasteiger partial charge in [0.05, 0.1) is 18.2 Å². The largest absolute Gasteiger partial charge is 0.508 e. The maximum absolute atomic E-state index is 9.58. The normalized spacial score (nSPS) is 12.5. The summed E-state index contributed by atoms with van der Waals surface area (Å²) in [4.78, 5) is 3.41. The Labute approximate surface area is 157 Å². The minimum atomic E-state index is -0.189. The van der Waals surface area contributed by atoms with Gasteiger partial charge in [-0.15, -0.1) is 0 Å². The van der Waals surface area contributed by atoms with E-state index in [1.165, 1.54) is 10.8 Å². The van der Waals surface area contributed by atoms with E-state index in [-0.39, 0.29) is 18.4 Å². The molecule has 0 fully saturated rings. The lowest BCUT2D eigenvalue weighted by atomic mass is 10.1. The fourth-order valence-electron chi connectivity index (χ4n) is 3.32. The number of para-hydroxylation sites is 1. The van der Waals surface area contributed by atoms with Gasteiger partial charge >= 0.3 is 0 Å². The van der Waals surface area contributed by atoms with Gasteiger partial charge in [-0.05, 0) is 35.9 Å². The number of H-pyrrole nitrogens is 1. The van der Waals surface area contributed by atoms with E-state index < -0.39 is 0 Å². The van der Waals surface area contributed by atoms with Crippen molar-refractivity contribution in [3.05, 3.63) is 72.3 Å². The van der Waals surface area contributed by atoms with Crippen molar-refractivity contribution < 1.29 is 14.9 Å². The third kappa shape index (κ3) is 3.74. The molecular formula is C22H22N2O3. The van der Waals surface area contributed by atoms with Crippen molar-refractivity contribution in [1.29, 1.82) is 0 Å². The molecule has 0 aliphatic heterocycles. The monoisotopic (exact) mass is 362 g/mol. The van der Waals surface area contributed by atoms with Gasteiger partial charge in [0, 0.05) is 28.9 Å². The Morgan fingerprint density at radius 3 is 2.52 bits per heavy atom. The molecule has 1 unspecified atom stereocenters. The third-order valence-corrected chi connectivity index (χ3v) is 4.72. The Kier molecular flexibility index (Phi) is 4.96. The zero-order valence-electron chi connectivity index (χ0n) is 14.9. The number of aromatic amines is 1. The van der Waals surface area contributed by atoms with Gasteiger partial charge in [-0.25, -0.2) is 0 Å². The topological polar surface area (TPSA) is 77.5 Å². The summed E-state index contributed by atoms with van der Waals surface area (Å²) >= 11 is 0. The second kappa shape index (κ2) is 7.70. The summed E-state index contributed by atoms with van der Waals surface area (Å²) in [5, 5.41) is 24.6. The smallest absolute Gasteiger partial charge is 0.121 e. The molecule has 1 heterocycles. The Hall–Kier alpha value is -3.02. The highest BCUT2D eigenvalue weighted by Crippen LogP contribution is 2.28. The number of aliphatic hydroxyl groups excluding tert-OH is 1. The van der Waals surface area contributed by atoms with Crippen LogP contribution in [-0.2, 0) is 0 Å². The number of phenols is 1. The van der Waals surface area contributed by atoms with Crippen molar-refractivity contribution in [2.45, 2.75) is 6.04 Å². The van der Waals surface area contributed by atoms with Gasteiger partial charge in [0.15, 0.2) is 0 Å². The van der Waals surface area contributed by atoms with Crippen LogP contribution in [0.25, 0.3) is 21.8 Å². The van der Waals surface area contributed by atoms with Crippen molar-refractivity contribution in [1.82, 2.24) is 10.3 Å². The lowest BCUT2D eigenvalue weighted by molar-refractivity contribution is 0.232. The van der Waals surface area contributed by atoms with Crippen LogP contribution in [0.2, 0.25) is 0 Å². The number of hydrogen-bond donors (Lipinski definition) is 4. The molecule has 0 radical (unpaired) electrons. The average molecular weight is 362 g/mol. The molecule has 0 saturated carbocycles. The molecule has 3 aromatic carbocycles. The van der Waals surface area contributed by atoms with Crippen molar-refractivity contribution in [2.75, 3.05) is 19.8 Å². The zero-order valence-corrected chi connectivity index (χ0v) is 14.9. The summed E-state index contributed by atoms with van der Waals surface area (Å²) in [5.74, 6) is 1.02. The first-order valence-electron chi connectivity index (χ1n) is 9.01. The minimum Gasteiger partial charge on any atom is -0.508 e. The molecule has 5 heteroatoms. The molecule has 0 saturated heterocycles. The fourth-order valence-corrected chi connectivity index (χ4v) is 3.32. The standard InChI is InChI=1S/C22H22N2O3/c25-14-22(15-5-7-16(26)8-6-15)23-11-12-27-17-9-10-19-18-3-1-2-4-20(18)24-21(19)13-17/h1-10,13,22-26H,11-12,14H2. The number of benzene rings is 3. The molecule has 0 amide bonds. The summed E-state index contributed by atoms with van der Waals surface area (Å²) < 4.78 is 5.86. The van der Waals surface area contributed by atoms with E-state index in [2.05, 4.69) is 28.5 Å². The minimum absolute atomic E-state index is 0.0220. The number of hydrogen-bond acceptors (Lipinski definition) is 4. The molecule has 0 spiro atoms. The molecule has 138 valence electrons. The number of nitrogens with one attached hydrogen (secondary N) is 2. The van der Waals surface area contributed by atoms with E-state index in [0.29, 0.717) is 13.2 Å². The van der Waals surface area contributed by atoms with E-state index >= 15 is 0 Å². The molecule has 4 aromatic rings. The Balaban J connectivity index is 1.37. The molecule has 4 rings (SSSR count). The van der Waals surface area contributed by atoms with Crippen LogP contribution in [0.5, 0.6) is 11.5 Å². The zero-order chi connectivity index (χ0) is 18.6. The van der Waals surface area contributed by atoms with Crippen LogP contribution in [0.15, 0.2) is 66.7 Å². The lowest BCUT2D eigenvalue weighted by Gasteiger charge is -2.17. The molecule has 0 aliphatic carbocycles. The first-order chi connectivity index (χ1) is 13.2. The highest BCUT2D eigenvalue weighted by Gasteiger charge is 2.10. The van der Waals surface area contributed by atoms with Gasteiger partial charge in [-0.3, -0.25) is 0 Å². The van der Waals surface area contributed by atoms with Gasteiger partial charge in [0.25, 0.3) is 0 Å². The summed E-state index contributed by atoms with van der Waals surface area (Å²) in [6.07, 6.45) is 0. The highest BCUT2D eigenvalue weighted by atomic mass is 16.5. The van der Waals surface area contributed by atoms with E-state index in [0.717, 1.165) is 22.3 Å². The molecule has 1 atom stereocenters. The van der Waals surface area contributed by atoms with Gasteiger partial charge in [0.2, 0.25) is 0 Å². The van der Waals surface area contributed by atoms with Gasteiger partial charge in [-0.2, -0.15) is 0 Å². The summed E-state index contributed by atoms with van der Waals surface area (Å²) in [6, 6.07) is 20.9. The van der Waals surface area contributed by atoms with Crippen molar-refractivity contribution in [2.24, 2.45) is 0 Å². The van der Waals surface area contributed by atoms with E-state index in [1.54, 1.807) is 24.3 Å². The van der Waals surface area contributed by atoms with Crippen LogP contribution >= 0.6 is 0 Å². The van der Waals surface area contributed by atoms with Crippen molar-refractivity contribution in [3.8, 4) is 11.5 Å². The number of fused-ring (bicyclic) bond motifs is 3. The number of aromatic nitrogens is 1. The number of aromatic hydroxyl groups is 1. The van der Waals surface area contributed by atoms with Crippen LogP contribution in [0.3, 0.4) is 0 Å². The van der Waals surface area contributed by atoms with Crippen LogP contribution < -0.4 is 10.1 Å². The summed E-state index contributed by atoms with van der Waals surface area (Å²) in [7, 11) is 0. The Bertz CT molecular complexity index is 1040. The molecule has 5 nitrogen and oxygen atoms in total. The molecule has 27 heavy (non-hydrogen) atoms. The van der Waals surface area contributed by atoms with E-state index in [4.69, 9.17) is 4.74 Å². The van der Waals surface area contributed by atoms with Gasteiger partial charge in [-0.1, -0.05) is 30.3 Å². The molecule has 1 aromatic heterocycles. The predicted molar refractivity (Wildman–Crippen MR) is 107 cm³/mol. The molecule has 4 N–H and O–H groups in total. The van der Waals surface area contributed by atoms with Crippen molar-refractivity contribution in [3.63, 3.8) is 0 Å². The number of aliphatic hydroxyl groups is 1. The Morgan fingerprint density at radius 1 is 0.926 bits per heavy atom. The van der Waals surface area contributed by atoms with Gasteiger partial charge in [0.1, 0.15) is 18.1 Å². The van der Waals surface area contributed by atoms with Crippen LogP contribution in [0, 0.1) is 0 Å². The van der Waals surface area contributed by atoms with Gasteiger partial charge < -0.3 is 25.3 Å². The molecule has 0 bridgehead atoms. The maximum atomic E-state index is 9.58. The van der Waals surface area contributed by atoms with E-state index in [1.807, 2.05) is 24.3 Å². The highest BCUT2D eigenvalue weighted by molar-refractivity contribution is 6.07. The SMILES string of the molecule is OCC(NCCOc1ccc2c(c1)[nH]c1ccccc12)c1ccc(O)cc1. The number of ether oxygens (including phenoxy) is 1. The van der Waals surface area contributed by atoms with Crippen LogP contribution in [0.1, 0.15) is 11.6 Å². The molecular weight excluding hydrogens is 340 g/mol. The summed E-state index contributed by atoms with van der Waals surface area (Å²) in [5.41, 5.74) is 3.10. The quantitative estimate of drug-likeness (QED) is 0.378. The first-order valence-corrected chi connectivity index (χ1v) is 9.01. The Morgan fingerprint density at radius 2 is 1.70 bits per heavy atom. The second-order valence-corrected chi connectivity index (χ2v) is 6.51.